The van der Waals surface area contributed by atoms with Crippen molar-refractivity contribution in [2.75, 3.05) is 26.2 Å². The lowest BCUT2D eigenvalue weighted by Crippen LogP contribution is -2.45. The maximum Gasteiger partial charge on any atom is 0.317 e. The largest absolute Gasteiger partial charge is 0.336 e. The van der Waals surface area contributed by atoms with Crippen LogP contribution in [0.4, 0.5) is 4.79 Å². The Labute approximate surface area is 146 Å². The molecule has 0 spiro atoms. The van der Waals surface area contributed by atoms with Gasteiger partial charge in [-0.15, -0.1) is 0 Å². The Hall–Kier alpha value is -1.86. The summed E-state index contributed by atoms with van der Waals surface area (Å²) in [5, 5.41) is 11.9. The van der Waals surface area contributed by atoms with E-state index in [-0.39, 0.29) is 12.1 Å². The Morgan fingerprint density at radius 3 is 3.00 bits per heavy atom. The summed E-state index contributed by atoms with van der Waals surface area (Å²) in [5.41, 5.74) is 2.57. The first-order chi connectivity index (χ1) is 11.8. The van der Waals surface area contributed by atoms with Gasteiger partial charge in [-0.2, -0.15) is 16.4 Å². The minimum atomic E-state index is 0.0659. The highest BCUT2D eigenvalue weighted by atomic mass is 32.1. The highest BCUT2D eigenvalue weighted by molar-refractivity contribution is 7.07. The van der Waals surface area contributed by atoms with E-state index in [0.717, 1.165) is 45.6 Å². The summed E-state index contributed by atoms with van der Waals surface area (Å²) in [6.07, 6.45) is 4.10. The normalized spacial score (nSPS) is 21.0. The molecule has 1 unspecified atom stereocenters. The molecule has 1 atom stereocenters. The van der Waals surface area contributed by atoms with Crippen molar-refractivity contribution in [1.82, 2.24) is 24.9 Å². The van der Waals surface area contributed by atoms with Crippen molar-refractivity contribution in [3.8, 4) is 0 Å². The smallest absolute Gasteiger partial charge is 0.317 e. The van der Waals surface area contributed by atoms with Crippen molar-refractivity contribution in [1.29, 1.82) is 0 Å². The lowest BCUT2D eigenvalue weighted by atomic mass is 10.1. The topological polar surface area (TPSA) is 53.4 Å². The first kappa shape index (κ1) is 15.7. The van der Waals surface area contributed by atoms with Crippen LogP contribution in [-0.2, 0) is 13.1 Å². The summed E-state index contributed by atoms with van der Waals surface area (Å²) in [7, 11) is 0. The van der Waals surface area contributed by atoms with Gasteiger partial charge < -0.3 is 10.2 Å². The Kier molecular flexibility index (Phi) is 4.53. The van der Waals surface area contributed by atoms with Crippen molar-refractivity contribution >= 4 is 17.4 Å². The van der Waals surface area contributed by atoms with Gasteiger partial charge in [-0.3, -0.25) is 9.58 Å². The Bertz CT molecular complexity index is 677. The second-order valence-corrected chi connectivity index (χ2v) is 7.38. The second-order valence-electron chi connectivity index (χ2n) is 6.60. The molecule has 1 fully saturated rings. The molecule has 0 aliphatic carbocycles. The fraction of sp³-hybridized carbons (Fsp3) is 0.529. The first-order valence-electron chi connectivity index (χ1n) is 8.58. The fourth-order valence-corrected chi connectivity index (χ4v) is 4.27. The summed E-state index contributed by atoms with van der Waals surface area (Å²) in [5.74, 6) is 0. The van der Waals surface area contributed by atoms with Crippen LogP contribution in [0.1, 0.15) is 30.1 Å². The molecule has 2 amide bonds. The number of likely N-dealkylation sites (tertiary alicyclic amines) is 1. The molecule has 4 heterocycles. The molecule has 128 valence electrons. The molecule has 2 aromatic rings. The lowest BCUT2D eigenvalue weighted by Gasteiger charge is -2.34. The number of nitrogens with zero attached hydrogens (tertiary/aromatic N) is 4. The zero-order chi connectivity index (χ0) is 16.4. The maximum atomic E-state index is 12.2. The number of rotatable bonds is 4. The minimum Gasteiger partial charge on any atom is -0.336 e. The third-order valence-corrected chi connectivity index (χ3v) is 5.55. The van der Waals surface area contributed by atoms with Crippen LogP contribution >= 0.6 is 11.3 Å². The number of hydrogen-bond donors (Lipinski definition) is 1. The van der Waals surface area contributed by atoms with Gasteiger partial charge in [0.1, 0.15) is 0 Å². The number of nitrogens with one attached hydrogen (secondary N) is 1. The van der Waals surface area contributed by atoms with E-state index in [0.29, 0.717) is 6.54 Å². The van der Waals surface area contributed by atoms with Crippen molar-refractivity contribution in [3.05, 3.63) is 40.3 Å². The number of amides is 2. The van der Waals surface area contributed by atoms with Crippen LogP contribution in [0.25, 0.3) is 0 Å². The summed E-state index contributed by atoms with van der Waals surface area (Å²) in [4.78, 5) is 16.6. The zero-order valence-electron chi connectivity index (χ0n) is 13.7. The van der Waals surface area contributed by atoms with Gasteiger partial charge in [0.15, 0.2) is 0 Å². The average Bonchev–Trinajstić information content (AvgIpc) is 3.32. The van der Waals surface area contributed by atoms with Crippen LogP contribution in [-0.4, -0.2) is 51.8 Å². The van der Waals surface area contributed by atoms with Crippen LogP contribution < -0.4 is 5.32 Å². The van der Waals surface area contributed by atoms with E-state index in [1.807, 2.05) is 11.1 Å². The molecule has 0 radical (unpaired) electrons. The lowest BCUT2D eigenvalue weighted by molar-refractivity contribution is 0.161. The Balaban J connectivity index is 1.40. The third kappa shape index (κ3) is 3.32. The Morgan fingerprint density at radius 1 is 1.33 bits per heavy atom. The number of carbonyl (C=O) groups excluding carboxylic acids is 1. The van der Waals surface area contributed by atoms with Crippen LogP contribution in [0.5, 0.6) is 0 Å². The van der Waals surface area contributed by atoms with Gasteiger partial charge in [0.05, 0.1) is 11.7 Å². The van der Waals surface area contributed by atoms with Crippen molar-refractivity contribution in [3.63, 3.8) is 0 Å². The van der Waals surface area contributed by atoms with Gasteiger partial charge >= 0.3 is 6.03 Å². The SMILES string of the molecule is O=C(NCC1CN(Cc2ccsc2)Cc2ccnn21)N1CCCC1. The molecule has 2 aliphatic heterocycles. The molecule has 2 aromatic heterocycles. The quantitative estimate of drug-likeness (QED) is 0.925. The van der Waals surface area contributed by atoms with Gasteiger partial charge in [0.25, 0.3) is 0 Å². The highest BCUT2D eigenvalue weighted by Gasteiger charge is 2.27. The maximum absolute atomic E-state index is 12.2. The number of thiophene rings is 1. The summed E-state index contributed by atoms with van der Waals surface area (Å²) in [6, 6.07) is 4.51. The number of hydrogen-bond acceptors (Lipinski definition) is 4. The molecule has 0 bridgehead atoms. The average molecular weight is 345 g/mol. The van der Waals surface area contributed by atoms with E-state index in [2.05, 4.69) is 42.9 Å². The zero-order valence-corrected chi connectivity index (χ0v) is 14.5. The van der Waals surface area contributed by atoms with Crippen LogP contribution in [0, 0.1) is 0 Å². The third-order valence-electron chi connectivity index (χ3n) is 4.82. The second kappa shape index (κ2) is 6.94. The van der Waals surface area contributed by atoms with Crippen LogP contribution in [0.15, 0.2) is 29.1 Å². The molecular weight excluding hydrogens is 322 g/mol. The van der Waals surface area contributed by atoms with Crippen molar-refractivity contribution in [2.45, 2.75) is 32.0 Å². The van der Waals surface area contributed by atoms with Crippen LogP contribution in [0.3, 0.4) is 0 Å². The highest BCUT2D eigenvalue weighted by Crippen LogP contribution is 2.22. The van der Waals surface area contributed by atoms with E-state index in [9.17, 15) is 4.79 Å². The molecule has 1 N–H and O–H groups in total. The fourth-order valence-electron chi connectivity index (χ4n) is 3.61. The molecule has 2 aliphatic rings. The monoisotopic (exact) mass is 345 g/mol. The standard InChI is InChI=1S/C17H23N5OS/c23-17(21-6-1-2-7-21)18-9-16-12-20(10-14-4-8-24-13-14)11-15-3-5-19-22(15)16/h3-5,8,13,16H,1-2,6-7,9-12H2,(H,18,23). The van der Waals surface area contributed by atoms with E-state index in [1.165, 1.54) is 11.3 Å². The Morgan fingerprint density at radius 2 is 2.21 bits per heavy atom. The van der Waals surface area contributed by atoms with Crippen molar-refractivity contribution in [2.24, 2.45) is 0 Å². The minimum absolute atomic E-state index is 0.0659. The number of fused-ring (bicyclic) bond motifs is 1. The van der Waals surface area contributed by atoms with E-state index in [4.69, 9.17) is 0 Å². The van der Waals surface area contributed by atoms with Gasteiger partial charge in [0.2, 0.25) is 0 Å². The summed E-state index contributed by atoms with van der Waals surface area (Å²) < 4.78 is 2.08. The summed E-state index contributed by atoms with van der Waals surface area (Å²) in [6.45, 7) is 5.16. The number of carbonyl (C=O) groups is 1. The van der Waals surface area contributed by atoms with Crippen molar-refractivity contribution < 1.29 is 4.79 Å². The van der Waals surface area contributed by atoms with Crippen LogP contribution in [0.2, 0.25) is 0 Å². The molecule has 7 heteroatoms. The molecular formula is C17H23N5OS. The molecule has 0 aromatic carbocycles. The molecule has 4 rings (SSSR count). The predicted molar refractivity (Wildman–Crippen MR) is 93.9 cm³/mol. The predicted octanol–water partition coefficient (Wildman–Crippen LogP) is 2.31. The molecule has 24 heavy (non-hydrogen) atoms. The van der Waals surface area contributed by atoms with Gasteiger partial charge in [-0.05, 0) is 41.3 Å². The molecule has 6 nitrogen and oxygen atoms in total. The van der Waals surface area contributed by atoms with Gasteiger partial charge in [-0.25, -0.2) is 4.79 Å². The molecule has 1 saturated heterocycles. The van der Waals surface area contributed by atoms with E-state index in [1.54, 1.807) is 11.3 Å². The number of urea groups is 1. The van der Waals surface area contributed by atoms with E-state index >= 15 is 0 Å². The van der Waals surface area contributed by atoms with Gasteiger partial charge in [-0.1, -0.05) is 0 Å². The van der Waals surface area contributed by atoms with Gasteiger partial charge in [0, 0.05) is 45.5 Å². The summed E-state index contributed by atoms with van der Waals surface area (Å²) >= 11 is 1.74. The van der Waals surface area contributed by atoms with E-state index < -0.39 is 0 Å². The number of aromatic nitrogens is 2. The first-order valence-corrected chi connectivity index (χ1v) is 9.52. The molecule has 0 saturated carbocycles.